The predicted molar refractivity (Wildman–Crippen MR) is 114 cm³/mol. The third-order valence-corrected chi connectivity index (χ3v) is 6.69. The van der Waals surface area contributed by atoms with Gasteiger partial charge < -0.3 is 4.84 Å². The minimum atomic E-state index is -3.89. The van der Waals surface area contributed by atoms with E-state index in [9.17, 15) is 13.2 Å². The van der Waals surface area contributed by atoms with Gasteiger partial charge in [0.15, 0.2) is 0 Å². The van der Waals surface area contributed by atoms with Crippen molar-refractivity contribution in [3.8, 4) is 0 Å². The molecule has 0 aliphatic carbocycles. The van der Waals surface area contributed by atoms with Crippen molar-refractivity contribution in [2.45, 2.75) is 69.5 Å². The first-order chi connectivity index (χ1) is 13.9. The molecule has 0 amide bonds. The molecule has 1 heterocycles. The Morgan fingerprint density at radius 1 is 0.933 bits per heavy atom. The topological polar surface area (TPSA) is 72.9 Å². The van der Waals surface area contributed by atoms with Crippen molar-refractivity contribution < 1.29 is 22.2 Å². The standard InChI is InChI=1S/C23H29NO5S/c1-17-11-13-20(14-12-17)30(26,27)29-19-15-22(2,3)24(23(4,5)16-19)28-21(25)18-9-7-6-8-10-18/h6-14,19H,15-16H2,1-5H3. The Labute approximate surface area is 178 Å². The second-order valence-electron chi connectivity index (χ2n) is 9.06. The average Bonchev–Trinajstić information content (AvgIpc) is 2.64. The van der Waals surface area contributed by atoms with Gasteiger partial charge in [0.25, 0.3) is 10.1 Å². The number of hydroxylamine groups is 2. The molecular weight excluding hydrogens is 402 g/mol. The van der Waals surface area contributed by atoms with Gasteiger partial charge in [-0.1, -0.05) is 35.9 Å². The molecule has 0 bridgehead atoms. The number of aryl methyl sites for hydroxylation is 1. The van der Waals surface area contributed by atoms with Crippen LogP contribution in [0, 0.1) is 6.92 Å². The van der Waals surface area contributed by atoms with Crippen molar-refractivity contribution >= 4 is 16.1 Å². The second kappa shape index (κ2) is 8.13. The van der Waals surface area contributed by atoms with Crippen molar-refractivity contribution in [1.29, 1.82) is 0 Å². The number of carbonyl (C=O) groups is 1. The highest BCUT2D eigenvalue weighted by atomic mass is 32.2. The molecule has 0 N–H and O–H groups in total. The van der Waals surface area contributed by atoms with E-state index in [2.05, 4.69) is 0 Å². The fourth-order valence-corrected chi connectivity index (χ4v) is 5.21. The molecule has 1 aliphatic rings. The summed E-state index contributed by atoms with van der Waals surface area (Å²) in [5.41, 5.74) is 0.188. The molecule has 162 valence electrons. The van der Waals surface area contributed by atoms with Gasteiger partial charge in [0.1, 0.15) is 0 Å². The van der Waals surface area contributed by atoms with Crippen LogP contribution in [0.15, 0.2) is 59.5 Å². The normalized spacial score (nSPS) is 19.4. The molecule has 7 heteroatoms. The highest BCUT2D eigenvalue weighted by Crippen LogP contribution is 2.41. The maximum absolute atomic E-state index is 12.8. The van der Waals surface area contributed by atoms with Gasteiger partial charge in [0.2, 0.25) is 0 Å². The highest BCUT2D eigenvalue weighted by molar-refractivity contribution is 7.86. The van der Waals surface area contributed by atoms with Crippen LogP contribution >= 0.6 is 0 Å². The molecule has 0 spiro atoms. The molecule has 0 atom stereocenters. The number of hydrogen-bond donors (Lipinski definition) is 0. The fraction of sp³-hybridized carbons (Fsp3) is 0.435. The van der Waals surface area contributed by atoms with E-state index in [4.69, 9.17) is 9.02 Å². The van der Waals surface area contributed by atoms with Crippen molar-refractivity contribution in [3.05, 3.63) is 65.7 Å². The first kappa shape index (κ1) is 22.5. The van der Waals surface area contributed by atoms with Crippen LogP contribution in [-0.2, 0) is 19.1 Å². The summed E-state index contributed by atoms with van der Waals surface area (Å²) in [6.45, 7) is 9.57. The quantitative estimate of drug-likeness (QED) is 0.650. The Morgan fingerprint density at radius 2 is 1.47 bits per heavy atom. The molecule has 3 rings (SSSR count). The van der Waals surface area contributed by atoms with Crippen LogP contribution in [0.25, 0.3) is 0 Å². The molecule has 2 aromatic rings. The average molecular weight is 432 g/mol. The number of piperidine rings is 1. The maximum atomic E-state index is 12.8. The summed E-state index contributed by atoms with van der Waals surface area (Å²) in [7, 11) is -3.89. The van der Waals surface area contributed by atoms with Crippen LogP contribution in [0.3, 0.4) is 0 Å². The third kappa shape index (κ3) is 4.91. The number of carbonyl (C=O) groups excluding carboxylic acids is 1. The zero-order valence-electron chi connectivity index (χ0n) is 18.1. The summed E-state index contributed by atoms with van der Waals surface area (Å²) in [6, 6.07) is 15.4. The van der Waals surface area contributed by atoms with Gasteiger partial charge in [-0.3, -0.25) is 4.18 Å². The summed E-state index contributed by atoms with van der Waals surface area (Å²) < 4.78 is 31.1. The summed E-state index contributed by atoms with van der Waals surface area (Å²) in [4.78, 5) is 18.5. The van der Waals surface area contributed by atoms with Gasteiger partial charge in [-0.15, -0.1) is 5.06 Å². The molecule has 0 saturated carbocycles. The number of nitrogens with zero attached hydrogens (tertiary/aromatic N) is 1. The lowest BCUT2D eigenvalue weighted by atomic mass is 9.80. The van der Waals surface area contributed by atoms with Gasteiger partial charge in [-0.05, 0) is 71.7 Å². The molecule has 1 fully saturated rings. The Hall–Kier alpha value is -2.22. The Kier molecular flexibility index (Phi) is 6.09. The van der Waals surface area contributed by atoms with E-state index in [0.29, 0.717) is 18.4 Å². The van der Waals surface area contributed by atoms with Crippen LogP contribution < -0.4 is 0 Å². The summed E-state index contributed by atoms with van der Waals surface area (Å²) in [5, 5.41) is 1.67. The molecule has 0 aromatic heterocycles. The van der Waals surface area contributed by atoms with Gasteiger partial charge in [-0.25, -0.2) is 4.79 Å². The molecule has 2 aromatic carbocycles. The van der Waals surface area contributed by atoms with Gasteiger partial charge in [-0.2, -0.15) is 8.42 Å². The van der Waals surface area contributed by atoms with Gasteiger partial charge in [0, 0.05) is 0 Å². The SMILES string of the molecule is Cc1ccc(S(=O)(=O)OC2CC(C)(C)N(OC(=O)c3ccccc3)C(C)(C)C2)cc1. The Bertz CT molecular complexity index is 980. The van der Waals surface area contributed by atoms with E-state index in [1.54, 1.807) is 53.6 Å². The largest absolute Gasteiger partial charge is 0.363 e. The summed E-state index contributed by atoms with van der Waals surface area (Å²) in [5.74, 6) is -0.441. The molecule has 6 nitrogen and oxygen atoms in total. The molecule has 1 aliphatic heterocycles. The second-order valence-corrected chi connectivity index (χ2v) is 10.6. The maximum Gasteiger partial charge on any atom is 0.357 e. The van der Waals surface area contributed by atoms with Gasteiger partial charge >= 0.3 is 5.97 Å². The first-order valence-electron chi connectivity index (χ1n) is 9.98. The van der Waals surface area contributed by atoms with Crippen LogP contribution in [0.2, 0.25) is 0 Å². The smallest absolute Gasteiger partial charge is 0.357 e. The van der Waals surface area contributed by atoms with Crippen molar-refractivity contribution in [2.24, 2.45) is 0 Å². The zero-order chi connectivity index (χ0) is 22.2. The van der Waals surface area contributed by atoms with Crippen LogP contribution in [0.4, 0.5) is 0 Å². The Morgan fingerprint density at radius 3 is 2.00 bits per heavy atom. The highest BCUT2D eigenvalue weighted by Gasteiger charge is 2.49. The lowest BCUT2D eigenvalue weighted by Gasteiger charge is -2.52. The van der Waals surface area contributed by atoms with Crippen LogP contribution in [0.1, 0.15) is 56.5 Å². The number of rotatable bonds is 5. The molecule has 1 saturated heterocycles. The monoisotopic (exact) mass is 431 g/mol. The van der Waals surface area contributed by atoms with E-state index >= 15 is 0 Å². The third-order valence-electron chi connectivity index (χ3n) is 5.31. The zero-order valence-corrected chi connectivity index (χ0v) is 18.9. The Balaban J connectivity index is 1.77. The van der Waals surface area contributed by atoms with Crippen molar-refractivity contribution in [2.75, 3.05) is 0 Å². The van der Waals surface area contributed by atoms with E-state index in [1.807, 2.05) is 40.7 Å². The summed E-state index contributed by atoms with van der Waals surface area (Å²) in [6.07, 6.45) is 0.251. The minimum Gasteiger partial charge on any atom is -0.363 e. The van der Waals surface area contributed by atoms with Crippen molar-refractivity contribution in [1.82, 2.24) is 5.06 Å². The molecule has 0 radical (unpaired) electrons. The molecule has 0 unspecified atom stereocenters. The van der Waals surface area contributed by atoms with E-state index in [1.165, 1.54) is 0 Å². The van der Waals surface area contributed by atoms with E-state index in [-0.39, 0.29) is 4.90 Å². The number of benzene rings is 2. The van der Waals surface area contributed by atoms with Crippen molar-refractivity contribution in [3.63, 3.8) is 0 Å². The first-order valence-corrected chi connectivity index (χ1v) is 11.4. The lowest BCUT2D eigenvalue weighted by molar-refractivity contribution is -0.253. The van der Waals surface area contributed by atoms with E-state index < -0.39 is 33.3 Å². The lowest BCUT2D eigenvalue weighted by Crippen LogP contribution is -2.62. The fourth-order valence-electron chi connectivity index (χ4n) is 4.14. The van der Waals surface area contributed by atoms with Gasteiger partial charge in [0.05, 0.1) is 27.6 Å². The summed E-state index contributed by atoms with van der Waals surface area (Å²) >= 11 is 0. The minimum absolute atomic E-state index is 0.140. The van der Waals surface area contributed by atoms with E-state index in [0.717, 1.165) is 5.56 Å². The molecule has 30 heavy (non-hydrogen) atoms. The number of hydrogen-bond acceptors (Lipinski definition) is 6. The van der Waals surface area contributed by atoms with Crippen LogP contribution in [-0.4, -0.2) is 36.6 Å². The van der Waals surface area contributed by atoms with Crippen LogP contribution in [0.5, 0.6) is 0 Å². The molecular formula is C23H29NO5S. The predicted octanol–water partition coefficient (Wildman–Crippen LogP) is 4.49.